The van der Waals surface area contributed by atoms with Gasteiger partial charge >= 0.3 is 5.97 Å². The molecule has 5 heteroatoms. The number of carbonyl (C=O) groups excluding carboxylic acids is 2. The number of rotatable bonds is 8. The van der Waals surface area contributed by atoms with Crippen LogP contribution in [-0.2, 0) is 20.9 Å². The van der Waals surface area contributed by atoms with Gasteiger partial charge < -0.3 is 14.8 Å². The average molecular weight is 375 g/mol. The molecule has 3 rings (SSSR count). The summed E-state index contributed by atoms with van der Waals surface area (Å²) < 4.78 is 10.8. The second-order valence-corrected chi connectivity index (χ2v) is 6.07. The molecule has 0 unspecified atom stereocenters. The minimum atomic E-state index is -0.498. The van der Waals surface area contributed by atoms with E-state index in [2.05, 4.69) is 5.32 Å². The van der Waals surface area contributed by atoms with Crippen molar-refractivity contribution in [1.82, 2.24) is 5.32 Å². The van der Waals surface area contributed by atoms with E-state index in [-0.39, 0.29) is 25.7 Å². The second-order valence-electron chi connectivity index (χ2n) is 6.07. The normalized spacial score (nSPS) is 10.1. The van der Waals surface area contributed by atoms with E-state index < -0.39 is 5.97 Å². The Hall–Kier alpha value is -3.60. The van der Waals surface area contributed by atoms with E-state index in [0.717, 1.165) is 16.7 Å². The molecule has 0 spiro atoms. The van der Waals surface area contributed by atoms with Gasteiger partial charge in [0, 0.05) is 5.56 Å². The Morgan fingerprint density at radius 2 is 1.43 bits per heavy atom. The van der Waals surface area contributed by atoms with Crippen molar-refractivity contribution in [3.8, 4) is 16.9 Å². The fourth-order valence-electron chi connectivity index (χ4n) is 2.60. The van der Waals surface area contributed by atoms with E-state index in [9.17, 15) is 9.59 Å². The summed E-state index contributed by atoms with van der Waals surface area (Å²) in [6.45, 7) is -0.207. The van der Waals surface area contributed by atoms with Crippen molar-refractivity contribution in [3.05, 3.63) is 90.5 Å². The number of amides is 1. The van der Waals surface area contributed by atoms with Crippen LogP contribution >= 0.6 is 0 Å². The molecule has 1 N–H and O–H groups in total. The highest BCUT2D eigenvalue weighted by Gasteiger charge is 2.10. The zero-order valence-electron chi connectivity index (χ0n) is 15.3. The number of hydrogen-bond acceptors (Lipinski definition) is 4. The van der Waals surface area contributed by atoms with E-state index >= 15 is 0 Å². The first kappa shape index (κ1) is 19.2. The van der Waals surface area contributed by atoms with Gasteiger partial charge in [0.25, 0.3) is 5.91 Å². The van der Waals surface area contributed by atoms with Gasteiger partial charge in [-0.3, -0.25) is 9.59 Å². The van der Waals surface area contributed by atoms with E-state index in [1.807, 2.05) is 84.9 Å². The van der Waals surface area contributed by atoms with Crippen molar-refractivity contribution in [2.75, 3.05) is 13.2 Å². The molecule has 0 radical (unpaired) electrons. The lowest BCUT2D eigenvalue weighted by atomic mass is 10.1. The lowest BCUT2D eigenvalue weighted by Gasteiger charge is -2.12. The van der Waals surface area contributed by atoms with Crippen LogP contribution in [0, 0.1) is 0 Å². The first-order valence-corrected chi connectivity index (χ1v) is 8.96. The van der Waals surface area contributed by atoms with Gasteiger partial charge in [-0.25, -0.2) is 0 Å². The molecule has 0 aliphatic heterocycles. The molecule has 0 saturated heterocycles. The van der Waals surface area contributed by atoms with Gasteiger partial charge in [0.1, 0.15) is 18.9 Å². The highest BCUT2D eigenvalue weighted by Crippen LogP contribution is 2.29. The fourth-order valence-corrected chi connectivity index (χ4v) is 2.60. The molecule has 0 heterocycles. The van der Waals surface area contributed by atoms with Gasteiger partial charge in [0.2, 0.25) is 0 Å². The van der Waals surface area contributed by atoms with Crippen LogP contribution in [0.5, 0.6) is 5.75 Å². The largest absolute Gasteiger partial charge is 0.483 e. The molecule has 3 aromatic carbocycles. The summed E-state index contributed by atoms with van der Waals surface area (Å²) >= 11 is 0. The minimum absolute atomic E-state index is 0.177. The third kappa shape index (κ3) is 5.71. The molecule has 3 aromatic rings. The average Bonchev–Trinajstić information content (AvgIpc) is 2.76. The summed E-state index contributed by atoms with van der Waals surface area (Å²) in [6, 6.07) is 26.7. The summed E-state index contributed by atoms with van der Waals surface area (Å²) in [4.78, 5) is 23.8. The predicted octanol–water partition coefficient (Wildman–Crippen LogP) is 3.59. The Labute approximate surface area is 163 Å². The minimum Gasteiger partial charge on any atom is -0.483 e. The lowest BCUT2D eigenvalue weighted by Crippen LogP contribution is -2.34. The molecule has 0 atom stereocenters. The maximum Gasteiger partial charge on any atom is 0.325 e. The maximum atomic E-state index is 12.0. The fraction of sp³-hybridized carbons (Fsp3) is 0.130. The number of hydrogen-bond donors (Lipinski definition) is 1. The lowest BCUT2D eigenvalue weighted by molar-refractivity contribution is -0.145. The Morgan fingerprint density at radius 1 is 0.786 bits per heavy atom. The smallest absolute Gasteiger partial charge is 0.325 e. The summed E-state index contributed by atoms with van der Waals surface area (Å²) in [5.74, 6) is -0.281. The number of benzene rings is 3. The Bertz CT molecular complexity index is 910. The number of esters is 1. The maximum absolute atomic E-state index is 12.0. The van der Waals surface area contributed by atoms with Gasteiger partial charge in [-0.05, 0) is 17.2 Å². The molecule has 1 amide bonds. The Morgan fingerprint density at radius 3 is 2.18 bits per heavy atom. The molecule has 0 aliphatic carbocycles. The zero-order chi connectivity index (χ0) is 19.6. The summed E-state index contributed by atoms with van der Waals surface area (Å²) in [5, 5.41) is 2.51. The van der Waals surface area contributed by atoms with Crippen LogP contribution in [0.3, 0.4) is 0 Å². The molecular weight excluding hydrogens is 354 g/mol. The predicted molar refractivity (Wildman–Crippen MR) is 107 cm³/mol. The molecule has 28 heavy (non-hydrogen) atoms. The van der Waals surface area contributed by atoms with Crippen LogP contribution in [0.15, 0.2) is 84.9 Å². The number of ether oxygens (including phenoxy) is 2. The second kappa shape index (κ2) is 9.92. The third-order valence-corrected chi connectivity index (χ3v) is 4.00. The van der Waals surface area contributed by atoms with Crippen LogP contribution in [0.1, 0.15) is 5.56 Å². The van der Waals surface area contributed by atoms with Gasteiger partial charge in [0.15, 0.2) is 6.61 Å². The van der Waals surface area contributed by atoms with Crippen LogP contribution < -0.4 is 10.1 Å². The summed E-state index contributed by atoms with van der Waals surface area (Å²) in [6.07, 6.45) is 0. The number of nitrogens with one attached hydrogen (secondary N) is 1. The highest BCUT2D eigenvalue weighted by molar-refractivity contribution is 5.83. The van der Waals surface area contributed by atoms with Crippen molar-refractivity contribution in [2.24, 2.45) is 0 Å². The van der Waals surface area contributed by atoms with Gasteiger partial charge in [-0.2, -0.15) is 0 Å². The van der Waals surface area contributed by atoms with E-state index in [1.54, 1.807) is 0 Å². The Balaban J connectivity index is 1.45. The zero-order valence-corrected chi connectivity index (χ0v) is 15.3. The van der Waals surface area contributed by atoms with Crippen molar-refractivity contribution in [1.29, 1.82) is 0 Å². The molecule has 142 valence electrons. The SMILES string of the molecule is O=C(COc1ccccc1-c1ccccc1)NCC(=O)OCc1ccccc1. The monoisotopic (exact) mass is 375 g/mol. The molecule has 0 bridgehead atoms. The van der Waals surface area contributed by atoms with Gasteiger partial charge in [0.05, 0.1) is 0 Å². The molecule has 0 saturated carbocycles. The van der Waals surface area contributed by atoms with Gasteiger partial charge in [-0.1, -0.05) is 78.9 Å². The Kier molecular flexibility index (Phi) is 6.79. The molecular formula is C23H21NO4. The van der Waals surface area contributed by atoms with Crippen LogP contribution in [0.2, 0.25) is 0 Å². The van der Waals surface area contributed by atoms with Crippen LogP contribution in [0.4, 0.5) is 0 Å². The third-order valence-electron chi connectivity index (χ3n) is 4.00. The quantitative estimate of drug-likeness (QED) is 0.611. The molecule has 5 nitrogen and oxygen atoms in total. The van der Waals surface area contributed by atoms with E-state index in [1.165, 1.54) is 0 Å². The first-order valence-electron chi connectivity index (χ1n) is 8.96. The van der Waals surface area contributed by atoms with Crippen LogP contribution in [-0.4, -0.2) is 25.0 Å². The van der Waals surface area contributed by atoms with Crippen molar-refractivity contribution >= 4 is 11.9 Å². The number of carbonyl (C=O) groups is 2. The molecule has 0 aromatic heterocycles. The van der Waals surface area contributed by atoms with Gasteiger partial charge in [-0.15, -0.1) is 0 Å². The number of para-hydroxylation sites is 1. The molecule has 0 aliphatic rings. The van der Waals surface area contributed by atoms with Crippen molar-refractivity contribution < 1.29 is 19.1 Å². The van der Waals surface area contributed by atoms with E-state index in [0.29, 0.717) is 5.75 Å². The summed E-state index contributed by atoms with van der Waals surface area (Å²) in [7, 11) is 0. The summed E-state index contributed by atoms with van der Waals surface area (Å²) in [5.41, 5.74) is 2.80. The topological polar surface area (TPSA) is 64.6 Å². The van der Waals surface area contributed by atoms with Crippen LogP contribution in [0.25, 0.3) is 11.1 Å². The standard InChI is InChI=1S/C23H21NO4/c25-22(24-15-23(26)28-16-18-9-3-1-4-10-18)17-27-21-14-8-7-13-20(21)19-11-5-2-6-12-19/h1-14H,15-17H2,(H,24,25). The molecule has 0 fully saturated rings. The first-order chi connectivity index (χ1) is 13.7. The van der Waals surface area contributed by atoms with E-state index in [4.69, 9.17) is 9.47 Å². The van der Waals surface area contributed by atoms with Crippen molar-refractivity contribution in [2.45, 2.75) is 6.61 Å². The highest BCUT2D eigenvalue weighted by atomic mass is 16.5. The van der Waals surface area contributed by atoms with Crippen molar-refractivity contribution in [3.63, 3.8) is 0 Å².